The topological polar surface area (TPSA) is 76.2 Å². The van der Waals surface area contributed by atoms with Gasteiger partial charge in [0.15, 0.2) is 4.88 Å². The van der Waals surface area contributed by atoms with Crippen LogP contribution in [0, 0.1) is 5.82 Å². The second-order valence-corrected chi connectivity index (χ2v) is 4.04. The van der Waals surface area contributed by atoms with Gasteiger partial charge in [0, 0.05) is 5.56 Å². The summed E-state index contributed by atoms with van der Waals surface area (Å²) < 4.78 is 12.7. The molecule has 6 heteroatoms. The summed E-state index contributed by atoms with van der Waals surface area (Å²) in [5.41, 5.74) is 6.10. The van der Waals surface area contributed by atoms with Crippen LogP contribution in [0.1, 0.15) is 9.67 Å². The Morgan fingerprint density at radius 1 is 1.38 bits per heavy atom. The zero-order valence-corrected chi connectivity index (χ0v) is 8.79. The molecule has 0 unspecified atom stereocenters. The van der Waals surface area contributed by atoms with Crippen LogP contribution in [0.2, 0.25) is 0 Å². The van der Waals surface area contributed by atoms with E-state index in [4.69, 9.17) is 10.8 Å². The summed E-state index contributed by atoms with van der Waals surface area (Å²) in [6, 6.07) is 5.62. The number of hydrogen-bond acceptors (Lipinski definition) is 4. The Morgan fingerprint density at radius 3 is 2.50 bits per heavy atom. The number of carboxylic acid groups (broad SMARTS) is 1. The Bertz CT molecular complexity index is 536. The van der Waals surface area contributed by atoms with Crippen LogP contribution in [0.15, 0.2) is 24.3 Å². The number of carbonyl (C=O) groups is 1. The van der Waals surface area contributed by atoms with Crippen LogP contribution in [0.3, 0.4) is 0 Å². The minimum Gasteiger partial charge on any atom is -0.477 e. The third-order valence-corrected chi connectivity index (χ3v) is 3.05. The van der Waals surface area contributed by atoms with E-state index in [0.717, 1.165) is 11.3 Å². The molecule has 0 amide bonds. The predicted molar refractivity (Wildman–Crippen MR) is 58.9 cm³/mol. The molecule has 0 fully saturated rings. The molecule has 16 heavy (non-hydrogen) atoms. The lowest BCUT2D eigenvalue weighted by molar-refractivity contribution is 0.0703. The number of thiazole rings is 1. The Labute approximate surface area is 94.2 Å². The molecule has 0 spiro atoms. The summed E-state index contributed by atoms with van der Waals surface area (Å²) in [4.78, 5) is 14.7. The number of nitrogen functional groups attached to an aromatic ring is 1. The van der Waals surface area contributed by atoms with Crippen LogP contribution in [-0.4, -0.2) is 16.1 Å². The number of aromatic nitrogens is 1. The lowest BCUT2D eigenvalue weighted by atomic mass is 10.2. The van der Waals surface area contributed by atoms with Gasteiger partial charge in [-0.25, -0.2) is 14.2 Å². The van der Waals surface area contributed by atoms with Gasteiger partial charge in [-0.15, -0.1) is 11.3 Å². The molecule has 0 bridgehead atoms. The molecule has 2 rings (SSSR count). The van der Waals surface area contributed by atoms with Crippen molar-refractivity contribution < 1.29 is 14.3 Å². The highest BCUT2D eigenvalue weighted by Crippen LogP contribution is 2.29. The summed E-state index contributed by atoms with van der Waals surface area (Å²) in [5.74, 6) is -1.48. The average Bonchev–Trinajstić information content (AvgIpc) is 2.61. The zero-order valence-electron chi connectivity index (χ0n) is 7.98. The SMILES string of the molecule is Nc1nc(-c2ccc(F)cc2)sc1C(=O)O. The number of benzene rings is 1. The second kappa shape index (κ2) is 3.90. The van der Waals surface area contributed by atoms with Crippen molar-refractivity contribution in [2.24, 2.45) is 0 Å². The Morgan fingerprint density at radius 2 is 2.00 bits per heavy atom. The molecule has 0 saturated carbocycles. The minimum atomic E-state index is -1.11. The number of nitrogens with zero attached hydrogens (tertiary/aromatic N) is 1. The van der Waals surface area contributed by atoms with Gasteiger partial charge in [-0.3, -0.25) is 0 Å². The third-order valence-electron chi connectivity index (χ3n) is 1.94. The molecular weight excluding hydrogens is 231 g/mol. The van der Waals surface area contributed by atoms with Crippen molar-refractivity contribution in [3.63, 3.8) is 0 Å². The Hall–Kier alpha value is -1.95. The number of aromatic carboxylic acids is 1. The molecule has 3 N–H and O–H groups in total. The van der Waals surface area contributed by atoms with Crippen molar-refractivity contribution >= 4 is 23.1 Å². The lowest BCUT2D eigenvalue weighted by Gasteiger charge is -1.94. The molecule has 1 heterocycles. The molecule has 2 aromatic rings. The van der Waals surface area contributed by atoms with E-state index in [1.165, 1.54) is 24.3 Å². The molecule has 0 radical (unpaired) electrons. The first kappa shape index (κ1) is 10.6. The number of halogens is 1. The maximum Gasteiger partial charge on any atom is 0.349 e. The van der Waals surface area contributed by atoms with Gasteiger partial charge >= 0.3 is 5.97 Å². The minimum absolute atomic E-state index is 0.000625. The van der Waals surface area contributed by atoms with Crippen LogP contribution in [0.4, 0.5) is 10.2 Å². The van der Waals surface area contributed by atoms with Gasteiger partial charge in [-0.05, 0) is 24.3 Å². The van der Waals surface area contributed by atoms with Crippen molar-refractivity contribution in [2.45, 2.75) is 0 Å². The molecule has 82 valence electrons. The first-order valence-corrected chi connectivity index (χ1v) is 5.15. The van der Waals surface area contributed by atoms with Crippen LogP contribution < -0.4 is 5.73 Å². The summed E-state index contributed by atoms with van der Waals surface area (Å²) in [6.07, 6.45) is 0. The van der Waals surface area contributed by atoms with E-state index >= 15 is 0 Å². The van der Waals surface area contributed by atoms with E-state index in [1.54, 1.807) is 0 Å². The van der Waals surface area contributed by atoms with Gasteiger partial charge in [0.05, 0.1) is 0 Å². The molecule has 0 saturated heterocycles. The van der Waals surface area contributed by atoms with Crippen LogP contribution in [0.25, 0.3) is 10.6 Å². The first-order valence-electron chi connectivity index (χ1n) is 4.33. The number of rotatable bonds is 2. The number of anilines is 1. The summed E-state index contributed by atoms with van der Waals surface area (Å²) >= 11 is 0.968. The van der Waals surface area contributed by atoms with Gasteiger partial charge < -0.3 is 10.8 Å². The Balaban J connectivity index is 2.45. The molecule has 4 nitrogen and oxygen atoms in total. The average molecular weight is 238 g/mol. The van der Waals surface area contributed by atoms with Crippen molar-refractivity contribution in [3.05, 3.63) is 35.0 Å². The molecule has 1 aromatic carbocycles. The maximum atomic E-state index is 12.7. The molecule has 0 aliphatic carbocycles. The fourth-order valence-electron chi connectivity index (χ4n) is 1.20. The summed E-state index contributed by atoms with van der Waals surface area (Å²) in [7, 11) is 0. The van der Waals surface area contributed by atoms with E-state index in [-0.39, 0.29) is 16.5 Å². The van der Waals surface area contributed by atoms with Gasteiger partial charge in [0.25, 0.3) is 0 Å². The normalized spacial score (nSPS) is 10.3. The summed E-state index contributed by atoms with van der Waals surface area (Å²) in [6.45, 7) is 0. The summed E-state index contributed by atoms with van der Waals surface area (Å²) in [5, 5.41) is 9.27. The van der Waals surface area contributed by atoms with Crippen LogP contribution in [0.5, 0.6) is 0 Å². The Kier molecular flexibility index (Phi) is 2.57. The molecule has 0 aliphatic rings. The van der Waals surface area contributed by atoms with Crippen LogP contribution in [-0.2, 0) is 0 Å². The molecule has 0 aliphatic heterocycles. The van der Waals surface area contributed by atoms with E-state index in [9.17, 15) is 9.18 Å². The fourth-order valence-corrected chi connectivity index (χ4v) is 2.03. The highest BCUT2D eigenvalue weighted by atomic mass is 32.1. The lowest BCUT2D eigenvalue weighted by Crippen LogP contribution is -1.97. The van der Waals surface area contributed by atoms with Gasteiger partial charge in [-0.1, -0.05) is 0 Å². The van der Waals surface area contributed by atoms with Crippen molar-refractivity contribution in [2.75, 3.05) is 5.73 Å². The fraction of sp³-hybridized carbons (Fsp3) is 0. The van der Waals surface area contributed by atoms with Crippen molar-refractivity contribution in [1.82, 2.24) is 4.98 Å². The highest BCUT2D eigenvalue weighted by Gasteiger charge is 2.15. The number of carboxylic acids is 1. The second-order valence-electron chi connectivity index (χ2n) is 3.05. The first-order chi connectivity index (χ1) is 7.58. The highest BCUT2D eigenvalue weighted by molar-refractivity contribution is 7.17. The van der Waals surface area contributed by atoms with Gasteiger partial charge in [0.2, 0.25) is 0 Å². The van der Waals surface area contributed by atoms with E-state index < -0.39 is 5.97 Å². The zero-order chi connectivity index (χ0) is 11.7. The van der Waals surface area contributed by atoms with E-state index in [1.807, 2.05) is 0 Å². The number of hydrogen-bond donors (Lipinski definition) is 2. The van der Waals surface area contributed by atoms with E-state index in [0.29, 0.717) is 10.6 Å². The monoisotopic (exact) mass is 238 g/mol. The van der Waals surface area contributed by atoms with Crippen LogP contribution >= 0.6 is 11.3 Å². The van der Waals surface area contributed by atoms with Gasteiger partial charge in [-0.2, -0.15) is 0 Å². The molecular formula is C10H7FN2O2S. The van der Waals surface area contributed by atoms with Crippen molar-refractivity contribution in [3.8, 4) is 10.6 Å². The van der Waals surface area contributed by atoms with Crippen molar-refractivity contribution in [1.29, 1.82) is 0 Å². The maximum absolute atomic E-state index is 12.7. The van der Waals surface area contributed by atoms with E-state index in [2.05, 4.69) is 4.98 Å². The standard InChI is InChI=1S/C10H7FN2O2S/c11-6-3-1-5(2-4-6)9-13-8(12)7(16-9)10(14)15/h1-4H,12H2,(H,14,15). The smallest absolute Gasteiger partial charge is 0.349 e. The quantitative estimate of drug-likeness (QED) is 0.841. The third kappa shape index (κ3) is 1.87. The largest absolute Gasteiger partial charge is 0.477 e. The number of nitrogens with two attached hydrogens (primary N) is 1. The van der Waals surface area contributed by atoms with Gasteiger partial charge in [0.1, 0.15) is 16.6 Å². The predicted octanol–water partition coefficient (Wildman–Crippen LogP) is 2.23. The molecule has 1 aromatic heterocycles. The molecule has 0 atom stereocenters.